The van der Waals surface area contributed by atoms with Crippen LogP contribution in [0, 0.1) is 0 Å². The largest absolute Gasteiger partial charge is 0.446 e. The van der Waals surface area contributed by atoms with Gasteiger partial charge >= 0.3 is 11.9 Å². The van der Waals surface area contributed by atoms with E-state index >= 15 is 0 Å². The van der Waals surface area contributed by atoms with Crippen LogP contribution in [-0.2, 0) is 30.3 Å². The van der Waals surface area contributed by atoms with Gasteiger partial charge in [0.15, 0.2) is 11.2 Å². The lowest BCUT2D eigenvalue weighted by atomic mass is 9.89. The third-order valence-corrected chi connectivity index (χ3v) is 10.1. The normalized spacial score (nSPS) is 18.5. The predicted molar refractivity (Wildman–Crippen MR) is 192 cm³/mol. The molecule has 0 spiro atoms. The number of hydrogen-bond acceptors (Lipinski definition) is 4. The average molecular weight is 627 g/mol. The maximum atomic E-state index is 13.1. The smallest absolute Gasteiger partial charge is 0.334 e. The third kappa shape index (κ3) is 4.22. The second kappa shape index (κ2) is 10.4. The van der Waals surface area contributed by atoms with E-state index in [2.05, 4.69) is 92.0 Å². The van der Waals surface area contributed by atoms with Gasteiger partial charge in [-0.05, 0) is 107 Å². The van der Waals surface area contributed by atoms with E-state index < -0.39 is 23.1 Å². The molecule has 6 aromatic rings. The van der Waals surface area contributed by atoms with Gasteiger partial charge in [0.05, 0.1) is 0 Å². The predicted octanol–water partition coefficient (Wildman–Crippen LogP) is 10.4. The summed E-state index contributed by atoms with van der Waals surface area (Å²) >= 11 is 0. The third-order valence-electron chi connectivity index (χ3n) is 10.1. The summed E-state index contributed by atoms with van der Waals surface area (Å²) in [6, 6.07) is 37.8. The molecule has 0 amide bonds. The standard InChI is InChI=1S/C44H34O4/c1-25(2)41(45)47-43(5)36-14-10-9-13-33(36)35-22-29-16-15-28(21-31(29)24-39(35)43)30-17-19-34-38(23-30)44(6,48-42(46)26(3)4)37-20-18-27-11-7-8-12-32(27)40(34)37/h7-24H,1,3H2,2,4-6H3. The number of ether oxygens (including phenoxy) is 2. The van der Waals surface area contributed by atoms with Crippen molar-refractivity contribution in [2.45, 2.75) is 38.9 Å². The average Bonchev–Trinajstić information content (AvgIpc) is 3.47. The molecule has 0 aliphatic heterocycles. The molecule has 2 atom stereocenters. The zero-order valence-electron chi connectivity index (χ0n) is 27.4. The molecule has 0 saturated heterocycles. The lowest BCUT2D eigenvalue weighted by Crippen LogP contribution is -2.28. The van der Waals surface area contributed by atoms with Crippen LogP contribution in [0.3, 0.4) is 0 Å². The van der Waals surface area contributed by atoms with Crippen molar-refractivity contribution < 1.29 is 19.1 Å². The van der Waals surface area contributed by atoms with Gasteiger partial charge in [-0.15, -0.1) is 0 Å². The highest BCUT2D eigenvalue weighted by molar-refractivity contribution is 6.03. The van der Waals surface area contributed by atoms with Gasteiger partial charge in [0.25, 0.3) is 0 Å². The van der Waals surface area contributed by atoms with Crippen LogP contribution in [0.4, 0.5) is 0 Å². The van der Waals surface area contributed by atoms with Crippen LogP contribution in [0.25, 0.3) is 54.9 Å². The molecule has 0 radical (unpaired) electrons. The zero-order valence-corrected chi connectivity index (χ0v) is 27.4. The highest BCUT2D eigenvalue weighted by Crippen LogP contribution is 2.54. The SMILES string of the molecule is C=C(C)C(=O)OC1(C)c2ccccc2-c2cc3ccc(-c4ccc5c(c4)C(C)(OC(=O)C(=C)C)c4ccc6ccccc6c4-5)cc3cc21. The summed E-state index contributed by atoms with van der Waals surface area (Å²) in [5.41, 5.74) is 8.83. The van der Waals surface area contributed by atoms with Crippen molar-refractivity contribution in [3.8, 4) is 33.4 Å². The Balaban J connectivity index is 1.28. The molecule has 48 heavy (non-hydrogen) atoms. The Labute approximate surface area is 280 Å². The Bertz CT molecular complexity index is 2430. The Morgan fingerprint density at radius 1 is 0.521 bits per heavy atom. The van der Waals surface area contributed by atoms with Crippen LogP contribution in [-0.4, -0.2) is 11.9 Å². The second-order valence-corrected chi connectivity index (χ2v) is 13.4. The Morgan fingerprint density at radius 3 is 1.88 bits per heavy atom. The molecule has 0 heterocycles. The van der Waals surface area contributed by atoms with Crippen molar-refractivity contribution in [1.29, 1.82) is 0 Å². The molecule has 2 unspecified atom stereocenters. The van der Waals surface area contributed by atoms with E-state index in [0.29, 0.717) is 11.1 Å². The molecule has 6 aromatic carbocycles. The van der Waals surface area contributed by atoms with Crippen LogP contribution >= 0.6 is 0 Å². The Morgan fingerprint density at radius 2 is 1.12 bits per heavy atom. The molecule has 0 saturated carbocycles. The van der Waals surface area contributed by atoms with E-state index in [1.165, 1.54) is 0 Å². The highest BCUT2D eigenvalue weighted by atomic mass is 16.6. The van der Waals surface area contributed by atoms with Gasteiger partial charge in [-0.1, -0.05) is 98.1 Å². The maximum Gasteiger partial charge on any atom is 0.334 e. The number of hydrogen-bond donors (Lipinski definition) is 0. The number of esters is 2. The maximum absolute atomic E-state index is 13.1. The van der Waals surface area contributed by atoms with Crippen LogP contribution in [0.2, 0.25) is 0 Å². The lowest BCUT2D eigenvalue weighted by molar-refractivity contribution is -0.150. The monoisotopic (exact) mass is 626 g/mol. The Hall–Kier alpha value is -5.74. The number of benzene rings is 6. The first kappa shape index (κ1) is 29.6. The summed E-state index contributed by atoms with van der Waals surface area (Å²) in [4.78, 5) is 25.9. The summed E-state index contributed by atoms with van der Waals surface area (Å²) in [6.07, 6.45) is 0. The molecule has 4 heteroatoms. The summed E-state index contributed by atoms with van der Waals surface area (Å²) < 4.78 is 12.5. The topological polar surface area (TPSA) is 52.6 Å². The molecule has 0 N–H and O–H groups in total. The molecular formula is C44H34O4. The van der Waals surface area contributed by atoms with Gasteiger partial charge in [-0.2, -0.15) is 0 Å². The molecule has 8 rings (SSSR count). The van der Waals surface area contributed by atoms with E-state index in [-0.39, 0.29) is 0 Å². The fourth-order valence-corrected chi connectivity index (χ4v) is 7.58. The molecule has 2 aliphatic carbocycles. The lowest BCUT2D eigenvalue weighted by Gasteiger charge is -2.28. The van der Waals surface area contributed by atoms with E-state index in [9.17, 15) is 9.59 Å². The van der Waals surface area contributed by atoms with Crippen molar-refractivity contribution in [3.05, 3.63) is 156 Å². The van der Waals surface area contributed by atoms with Crippen molar-refractivity contribution >= 4 is 33.5 Å². The summed E-state index contributed by atoms with van der Waals surface area (Å²) in [5.74, 6) is -0.845. The molecule has 0 aromatic heterocycles. The van der Waals surface area contributed by atoms with Gasteiger partial charge in [0.1, 0.15) is 0 Å². The van der Waals surface area contributed by atoms with Crippen LogP contribution in [0.15, 0.2) is 133 Å². The minimum atomic E-state index is -1.00. The summed E-state index contributed by atoms with van der Waals surface area (Å²) in [7, 11) is 0. The first-order valence-electron chi connectivity index (χ1n) is 16.1. The molecule has 0 fully saturated rings. The fourth-order valence-electron chi connectivity index (χ4n) is 7.58. The van der Waals surface area contributed by atoms with Crippen LogP contribution in [0.1, 0.15) is 49.9 Å². The van der Waals surface area contributed by atoms with E-state index in [1.807, 2.05) is 44.2 Å². The van der Waals surface area contributed by atoms with E-state index in [1.54, 1.807) is 13.8 Å². The second-order valence-electron chi connectivity index (χ2n) is 13.4. The first-order chi connectivity index (χ1) is 23.0. The van der Waals surface area contributed by atoms with Crippen molar-refractivity contribution in [3.63, 3.8) is 0 Å². The zero-order chi connectivity index (χ0) is 33.5. The van der Waals surface area contributed by atoms with Gasteiger partial charge in [-0.3, -0.25) is 0 Å². The fraction of sp³-hybridized carbons (Fsp3) is 0.136. The van der Waals surface area contributed by atoms with Gasteiger partial charge in [-0.25, -0.2) is 9.59 Å². The van der Waals surface area contributed by atoms with E-state index in [0.717, 1.165) is 77.2 Å². The first-order valence-corrected chi connectivity index (χ1v) is 16.1. The summed E-state index contributed by atoms with van der Waals surface area (Å²) in [5, 5.41) is 4.37. The number of carbonyl (C=O) groups is 2. The van der Waals surface area contributed by atoms with Crippen molar-refractivity contribution in [2.75, 3.05) is 0 Å². The van der Waals surface area contributed by atoms with Crippen LogP contribution < -0.4 is 0 Å². The molecule has 2 aliphatic rings. The number of fused-ring (bicyclic) bond motifs is 9. The number of carbonyl (C=O) groups excluding carboxylic acids is 2. The summed E-state index contributed by atoms with van der Waals surface area (Å²) in [6.45, 7) is 14.9. The minimum absolute atomic E-state index is 0.355. The highest BCUT2D eigenvalue weighted by Gasteiger charge is 2.45. The van der Waals surface area contributed by atoms with Crippen LogP contribution in [0.5, 0.6) is 0 Å². The van der Waals surface area contributed by atoms with Crippen molar-refractivity contribution in [1.82, 2.24) is 0 Å². The molecule has 234 valence electrons. The van der Waals surface area contributed by atoms with E-state index in [4.69, 9.17) is 9.47 Å². The minimum Gasteiger partial charge on any atom is -0.446 e. The Kier molecular flexibility index (Phi) is 6.41. The molecule has 0 bridgehead atoms. The van der Waals surface area contributed by atoms with Gasteiger partial charge < -0.3 is 9.47 Å². The number of rotatable bonds is 5. The molecular weight excluding hydrogens is 592 g/mol. The van der Waals surface area contributed by atoms with Gasteiger partial charge in [0, 0.05) is 33.4 Å². The molecule has 4 nitrogen and oxygen atoms in total. The quantitative estimate of drug-likeness (QED) is 0.141. The van der Waals surface area contributed by atoms with Crippen molar-refractivity contribution in [2.24, 2.45) is 0 Å². The van der Waals surface area contributed by atoms with Gasteiger partial charge in [0.2, 0.25) is 0 Å².